The molecule has 0 heterocycles. The van der Waals surface area contributed by atoms with E-state index in [4.69, 9.17) is 14.2 Å². The number of carbonyl (C=O) groups excluding carboxylic acids is 2. The highest BCUT2D eigenvalue weighted by atomic mass is 16.5. The second-order valence-electron chi connectivity index (χ2n) is 8.87. The highest BCUT2D eigenvalue weighted by Crippen LogP contribution is 2.42. The Bertz CT molecular complexity index is 934. The fraction of sp³-hybridized carbons (Fsp3) is 0.481. The summed E-state index contributed by atoms with van der Waals surface area (Å²) >= 11 is 0. The third-order valence-electron chi connectivity index (χ3n) is 6.31. The van der Waals surface area contributed by atoms with E-state index in [9.17, 15) is 9.59 Å². The van der Waals surface area contributed by atoms with Gasteiger partial charge in [0.15, 0.2) is 17.3 Å². The van der Waals surface area contributed by atoms with Gasteiger partial charge in [-0.3, -0.25) is 9.59 Å². The number of hydrogen-bond acceptors (Lipinski definition) is 5. The summed E-state index contributed by atoms with van der Waals surface area (Å²) in [5, 5.41) is 2.92. The van der Waals surface area contributed by atoms with Gasteiger partial charge < -0.3 is 19.5 Å². The first-order valence-electron chi connectivity index (χ1n) is 12.1. The maximum atomic E-state index is 13.2. The van der Waals surface area contributed by atoms with Crippen LogP contribution in [0.3, 0.4) is 0 Å². The van der Waals surface area contributed by atoms with Crippen molar-refractivity contribution in [2.24, 2.45) is 0 Å². The van der Waals surface area contributed by atoms with Gasteiger partial charge in [0.2, 0.25) is 5.75 Å². The molecule has 0 saturated heterocycles. The van der Waals surface area contributed by atoms with Crippen LogP contribution in [0.2, 0.25) is 0 Å². The topological polar surface area (TPSA) is 73.9 Å². The van der Waals surface area contributed by atoms with E-state index in [1.807, 2.05) is 6.92 Å². The van der Waals surface area contributed by atoms with E-state index >= 15 is 0 Å². The Balaban J connectivity index is 1.63. The van der Waals surface area contributed by atoms with E-state index in [0.717, 1.165) is 51.4 Å². The van der Waals surface area contributed by atoms with Gasteiger partial charge in [0.1, 0.15) is 0 Å². The van der Waals surface area contributed by atoms with Crippen molar-refractivity contribution >= 4 is 17.4 Å². The van der Waals surface area contributed by atoms with Gasteiger partial charge in [-0.25, -0.2) is 0 Å². The first kappa shape index (κ1) is 23.1. The van der Waals surface area contributed by atoms with Gasteiger partial charge in [-0.05, 0) is 102 Å². The van der Waals surface area contributed by atoms with Gasteiger partial charge in [-0.1, -0.05) is 0 Å². The summed E-state index contributed by atoms with van der Waals surface area (Å²) in [6, 6.07) is 10.4. The van der Waals surface area contributed by atoms with Crippen molar-refractivity contribution in [2.75, 3.05) is 11.9 Å². The molecule has 2 saturated carbocycles. The average molecular weight is 452 g/mol. The summed E-state index contributed by atoms with van der Waals surface area (Å²) in [6.07, 6.45) is 8.86. The van der Waals surface area contributed by atoms with Crippen molar-refractivity contribution in [3.05, 3.63) is 47.5 Å². The molecule has 2 aliphatic rings. The van der Waals surface area contributed by atoms with Crippen LogP contribution in [0.1, 0.15) is 85.9 Å². The lowest BCUT2D eigenvalue weighted by Crippen LogP contribution is -2.17. The largest absolute Gasteiger partial charge is 0.487 e. The van der Waals surface area contributed by atoms with E-state index in [2.05, 4.69) is 5.32 Å². The summed E-state index contributed by atoms with van der Waals surface area (Å²) in [6.45, 7) is 3.94. The van der Waals surface area contributed by atoms with Crippen molar-refractivity contribution in [2.45, 2.75) is 77.4 Å². The normalized spacial score (nSPS) is 16.5. The summed E-state index contributed by atoms with van der Waals surface area (Å²) in [5.74, 6) is 1.44. The minimum absolute atomic E-state index is 0.0122. The molecule has 2 fully saturated rings. The number of ether oxygens (including phenoxy) is 3. The molecule has 1 amide bonds. The van der Waals surface area contributed by atoms with Crippen molar-refractivity contribution in [1.82, 2.24) is 0 Å². The average Bonchev–Trinajstić information content (AvgIpc) is 3.50. The molecule has 4 rings (SSSR count). The smallest absolute Gasteiger partial charge is 0.255 e. The van der Waals surface area contributed by atoms with Gasteiger partial charge in [0.25, 0.3) is 5.91 Å². The number of ketones is 1. The van der Waals surface area contributed by atoms with E-state index in [1.165, 1.54) is 6.92 Å². The second kappa shape index (κ2) is 10.7. The molecule has 2 aromatic rings. The summed E-state index contributed by atoms with van der Waals surface area (Å²) in [5.41, 5.74) is 1.68. The van der Waals surface area contributed by atoms with E-state index in [0.29, 0.717) is 40.7 Å². The lowest BCUT2D eigenvalue weighted by molar-refractivity contribution is 0.101. The molecular weight excluding hydrogens is 418 g/mol. The van der Waals surface area contributed by atoms with Crippen molar-refractivity contribution in [1.29, 1.82) is 0 Å². The fourth-order valence-corrected chi connectivity index (χ4v) is 4.53. The Labute approximate surface area is 195 Å². The standard InChI is InChI=1S/C27H33NO5/c1-3-31-26-24(32-22-8-4-5-9-22)16-20(17-25(26)33-23-10-6-7-11-23)27(30)28-21-14-12-19(13-15-21)18(2)29/h12-17,22-23H,3-11H2,1-2H3,(H,28,30). The maximum absolute atomic E-state index is 13.2. The minimum atomic E-state index is -0.263. The van der Waals surface area contributed by atoms with Crippen LogP contribution in [0.15, 0.2) is 36.4 Å². The molecule has 0 spiro atoms. The zero-order chi connectivity index (χ0) is 23.2. The first-order chi connectivity index (χ1) is 16.0. The van der Waals surface area contributed by atoms with E-state index in [1.54, 1.807) is 36.4 Å². The predicted octanol–water partition coefficient (Wildman–Crippen LogP) is 6.18. The van der Waals surface area contributed by atoms with Crippen LogP contribution in [-0.4, -0.2) is 30.5 Å². The van der Waals surface area contributed by atoms with Gasteiger partial charge in [-0.15, -0.1) is 0 Å². The van der Waals surface area contributed by atoms with Gasteiger partial charge in [0, 0.05) is 16.8 Å². The third kappa shape index (κ3) is 5.86. The van der Waals surface area contributed by atoms with Crippen LogP contribution in [0.25, 0.3) is 0 Å². The van der Waals surface area contributed by atoms with Crippen LogP contribution in [-0.2, 0) is 0 Å². The number of nitrogens with one attached hydrogen (secondary N) is 1. The Kier molecular flexibility index (Phi) is 7.53. The molecule has 0 radical (unpaired) electrons. The molecule has 6 heteroatoms. The summed E-state index contributed by atoms with van der Waals surface area (Å²) < 4.78 is 18.6. The Hall–Kier alpha value is -3.02. The van der Waals surface area contributed by atoms with Crippen molar-refractivity contribution < 1.29 is 23.8 Å². The number of amides is 1. The second-order valence-corrected chi connectivity index (χ2v) is 8.87. The van der Waals surface area contributed by atoms with Gasteiger partial charge in [0.05, 0.1) is 18.8 Å². The molecule has 2 aliphatic carbocycles. The number of anilines is 1. The number of hydrogen-bond donors (Lipinski definition) is 1. The third-order valence-corrected chi connectivity index (χ3v) is 6.31. The highest BCUT2D eigenvalue weighted by Gasteiger charge is 2.26. The molecular formula is C27H33NO5. The van der Waals surface area contributed by atoms with Crippen LogP contribution in [0, 0.1) is 0 Å². The van der Waals surface area contributed by atoms with Gasteiger partial charge in [-0.2, -0.15) is 0 Å². The first-order valence-corrected chi connectivity index (χ1v) is 12.1. The van der Waals surface area contributed by atoms with E-state index < -0.39 is 0 Å². The zero-order valence-corrected chi connectivity index (χ0v) is 19.5. The van der Waals surface area contributed by atoms with Crippen LogP contribution in [0.5, 0.6) is 17.2 Å². The lowest BCUT2D eigenvalue weighted by atomic mass is 10.1. The Morgan fingerprint density at radius 3 is 1.82 bits per heavy atom. The highest BCUT2D eigenvalue weighted by molar-refractivity contribution is 6.05. The molecule has 0 aromatic heterocycles. The number of rotatable bonds is 9. The SMILES string of the molecule is CCOc1c(OC2CCCC2)cc(C(=O)Nc2ccc(C(C)=O)cc2)cc1OC1CCCC1. The molecule has 0 atom stereocenters. The van der Waals surface area contributed by atoms with Crippen LogP contribution in [0.4, 0.5) is 5.69 Å². The summed E-state index contributed by atoms with van der Waals surface area (Å²) in [7, 11) is 0. The Morgan fingerprint density at radius 2 is 1.36 bits per heavy atom. The molecule has 6 nitrogen and oxygen atoms in total. The van der Waals surface area contributed by atoms with Gasteiger partial charge >= 0.3 is 0 Å². The predicted molar refractivity (Wildman–Crippen MR) is 128 cm³/mol. The molecule has 176 valence electrons. The number of carbonyl (C=O) groups is 2. The Morgan fingerprint density at radius 1 is 0.848 bits per heavy atom. The monoisotopic (exact) mass is 451 g/mol. The molecule has 33 heavy (non-hydrogen) atoms. The van der Waals surface area contributed by atoms with Crippen molar-refractivity contribution in [3.8, 4) is 17.2 Å². The number of Topliss-reactive ketones (excluding diaryl/α,β-unsaturated/α-hetero) is 1. The fourth-order valence-electron chi connectivity index (χ4n) is 4.53. The van der Waals surface area contributed by atoms with E-state index in [-0.39, 0.29) is 23.9 Å². The lowest BCUT2D eigenvalue weighted by Gasteiger charge is -2.22. The molecule has 2 aromatic carbocycles. The minimum Gasteiger partial charge on any atom is -0.487 e. The number of benzene rings is 2. The van der Waals surface area contributed by atoms with Crippen molar-refractivity contribution in [3.63, 3.8) is 0 Å². The van der Waals surface area contributed by atoms with Crippen LogP contribution >= 0.6 is 0 Å². The zero-order valence-electron chi connectivity index (χ0n) is 19.5. The molecule has 1 N–H and O–H groups in total. The molecule has 0 bridgehead atoms. The summed E-state index contributed by atoms with van der Waals surface area (Å²) in [4.78, 5) is 24.7. The van der Waals surface area contributed by atoms with Crippen LogP contribution < -0.4 is 19.5 Å². The molecule has 0 unspecified atom stereocenters. The molecule has 0 aliphatic heterocycles. The quantitative estimate of drug-likeness (QED) is 0.461. The maximum Gasteiger partial charge on any atom is 0.255 e.